The molecule has 1 heterocycles. The molecule has 2 fully saturated rings. The molecule has 4 nitrogen and oxygen atoms in total. The van der Waals surface area contributed by atoms with Crippen molar-refractivity contribution in [2.45, 2.75) is 44.7 Å². The minimum Gasteiger partial charge on any atom is -0.382 e. The fourth-order valence-corrected chi connectivity index (χ4v) is 3.10. The molecule has 0 radical (unpaired) electrons. The van der Waals surface area contributed by atoms with Gasteiger partial charge in [0.15, 0.2) is 0 Å². The molecule has 1 atom stereocenters. The van der Waals surface area contributed by atoms with Crippen molar-refractivity contribution < 1.29 is 9.47 Å². The molecule has 1 saturated carbocycles. The normalized spacial score (nSPS) is 31.6. The van der Waals surface area contributed by atoms with Crippen molar-refractivity contribution in [2.24, 2.45) is 5.92 Å². The quantitative estimate of drug-likeness (QED) is 0.711. The van der Waals surface area contributed by atoms with Crippen molar-refractivity contribution in [3.05, 3.63) is 0 Å². The number of nitrogens with one attached hydrogen (secondary N) is 1. The summed E-state index contributed by atoms with van der Waals surface area (Å²) in [6.45, 7) is 12.4. The van der Waals surface area contributed by atoms with E-state index in [-0.39, 0.29) is 5.54 Å². The summed E-state index contributed by atoms with van der Waals surface area (Å²) >= 11 is 0. The molecule has 0 aromatic heterocycles. The lowest BCUT2D eigenvalue weighted by Crippen LogP contribution is -2.68. The minimum absolute atomic E-state index is 0.209. The Morgan fingerprint density at radius 2 is 1.89 bits per heavy atom. The second-order valence-electron chi connectivity index (χ2n) is 6.90. The number of piperazine rings is 1. The Bertz CT molecular complexity index is 292. The number of methoxy groups -OCH3 is 1. The Morgan fingerprint density at radius 1 is 1.16 bits per heavy atom. The van der Waals surface area contributed by atoms with Gasteiger partial charge in [0.05, 0.1) is 19.8 Å². The summed E-state index contributed by atoms with van der Waals surface area (Å²) in [6, 6.07) is 0. The van der Waals surface area contributed by atoms with Gasteiger partial charge in [-0.2, -0.15) is 0 Å². The molecule has 0 aromatic rings. The summed E-state index contributed by atoms with van der Waals surface area (Å²) < 4.78 is 10.7. The molecule has 2 rings (SSSR count). The molecule has 0 bridgehead atoms. The van der Waals surface area contributed by atoms with Crippen LogP contribution in [0.25, 0.3) is 0 Å². The van der Waals surface area contributed by atoms with Gasteiger partial charge in [-0.05, 0) is 39.5 Å². The van der Waals surface area contributed by atoms with Crippen LogP contribution in [0.4, 0.5) is 0 Å². The SMILES string of the molecule is COCCOCCN1CC(C)(C)NCC1(C)C1CC1. The lowest BCUT2D eigenvalue weighted by molar-refractivity contribution is -0.0158. The minimum atomic E-state index is 0.209. The molecule has 1 aliphatic carbocycles. The zero-order chi connectivity index (χ0) is 13.9. The van der Waals surface area contributed by atoms with Gasteiger partial charge < -0.3 is 14.8 Å². The first kappa shape index (κ1) is 15.2. The molecule has 0 amide bonds. The summed E-state index contributed by atoms with van der Waals surface area (Å²) in [4.78, 5) is 2.65. The van der Waals surface area contributed by atoms with Crippen LogP contribution in [0, 0.1) is 5.92 Å². The van der Waals surface area contributed by atoms with Crippen LogP contribution < -0.4 is 5.32 Å². The van der Waals surface area contributed by atoms with Gasteiger partial charge in [-0.25, -0.2) is 0 Å². The summed E-state index contributed by atoms with van der Waals surface area (Å²) in [5.74, 6) is 0.870. The Hall–Kier alpha value is -0.160. The van der Waals surface area contributed by atoms with Gasteiger partial charge >= 0.3 is 0 Å². The molecule has 0 spiro atoms. The Morgan fingerprint density at radius 3 is 2.53 bits per heavy atom. The fraction of sp³-hybridized carbons (Fsp3) is 1.00. The van der Waals surface area contributed by atoms with E-state index in [0.717, 1.165) is 32.2 Å². The van der Waals surface area contributed by atoms with E-state index in [1.807, 2.05) is 0 Å². The van der Waals surface area contributed by atoms with Gasteiger partial charge in [0.25, 0.3) is 0 Å². The maximum atomic E-state index is 5.65. The van der Waals surface area contributed by atoms with Gasteiger partial charge in [-0.1, -0.05) is 0 Å². The third-order valence-corrected chi connectivity index (χ3v) is 4.63. The maximum Gasteiger partial charge on any atom is 0.0700 e. The number of nitrogens with zero attached hydrogens (tertiary/aromatic N) is 1. The third-order valence-electron chi connectivity index (χ3n) is 4.63. The molecule has 4 heteroatoms. The van der Waals surface area contributed by atoms with Crippen LogP contribution in [0.15, 0.2) is 0 Å². The van der Waals surface area contributed by atoms with E-state index in [2.05, 4.69) is 31.0 Å². The molecule has 112 valence electrons. The average Bonchev–Trinajstić information content (AvgIpc) is 3.18. The van der Waals surface area contributed by atoms with Gasteiger partial charge in [-0.3, -0.25) is 4.90 Å². The van der Waals surface area contributed by atoms with Crippen molar-refractivity contribution >= 4 is 0 Å². The number of ether oxygens (including phenoxy) is 2. The third kappa shape index (κ3) is 3.91. The fourth-order valence-electron chi connectivity index (χ4n) is 3.10. The van der Waals surface area contributed by atoms with Crippen LogP contribution in [-0.2, 0) is 9.47 Å². The molecule has 2 aliphatic rings. The summed E-state index contributed by atoms with van der Waals surface area (Å²) in [7, 11) is 1.71. The smallest absolute Gasteiger partial charge is 0.0700 e. The zero-order valence-electron chi connectivity index (χ0n) is 13.0. The molecule has 19 heavy (non-hydrogen) atoms. The van der Waals surface area contributed by atoms with E-state index >= 15 is 0 Å². The number of hydrogen-bond acceptors (Lipinski definition) is 4. The topological polar surface area (TPSA) is 33.7 Å². The van der Waals surface area contributed by atoms with Crippen LogP contribution >= 0.6 is 0 Å². The van der Waals surface area contributed by atoms with Crippen molar-refractivity contribution in [1.82, 2.24) is 10.2 Å². The van der Waals surface area contributed by atoms with Gasteiger partial charge in [0.1, 0.15) is 0 Å². The molecule has 0 aromatic carbocycles. The van der Waals surface area contributed by atoms with E-state index in [1.165, 1.54) is 12.8 Å². The largest absolute Gasteiger partial charge is 0.382 e. The highest BCUT2D eigenvalue weighted by Crippen LogP contribution is 2.44. The number of rotatable bonds is 7. The summed E-state index contributed by atoms with van der Waals surface area (Å²) in [5.41, 5.74) is 0.529. The summed E-state index contributed by atoms with van der Waals surface area (Å²) in [5, 5.41) is 3.71. The highest BCUT2D eigenvalue weighted by Gasteiger charge is 2.49. The van der Waals surface area contributed by atoms with Crippen molar-refractivity contribution in [1.29, 1.82) is 0 Å². The first-order chi connectivity index (χ1) is 8.98. The standard InChI is InChI=1S/C15H30N2O2/c1-14(2)12-17(7-8-19-10-9-18-4)15(3,11-16-14)13-5-6-13/h13,16H,5-12H2,1-4H3. The van der Waals surface area contributed by atoms with Crippen LogP contribution in [0.1, 0.15) is 33.6 Å². The van der Waals surface area contributed by atoms with Crippen LogP contribution in [0.2, 0.25) is 0 Å². The van der Waals surface area contributed by atoms with E-state index in [0.29, 0.717) is 18.8 Å². The lowest BCUT2D eigenvalue weighted by Gasteiger charge is -2.51. The van der Waals surface area contributed by atoms with Crippen molar-refractivity contribution in [2.75, 3.05) is 46.6 Å². The van der Waals surface area contributed by atoms with Crippen molar-refractivity contribution in [3.63, 3.8) is 0 Å². The van der Waals surface area contributed by atoms with Crippen molar-refractivity contribution in [3.8, 4) is 0 Å². The molecule has 1 aliphatic heterocycles. The monoisotopic (exact) mass is 270 g/mol. The maximum absolute atomic E-state index is 5.65. The van der Waals surface area contributed by atoms with Crippen LogP contribution in [-0.4, -0.2) is 62.5 Å². The molecule has 1 unspecified atom stereocenters. The highest BCUT2D eigenvalue weighted by atomic mass is 16.5. The van der Waals surface area contributed by atoms with E-state index in [4.69, 9.17) is 9.47 Å². The molecule has 1 saturated heterocycles. The van der Waals surface area contributed by atoms with Gasteiger partial charge in [0, 0.05) is 37.8 Å². The highest BCUT2D eigenvalue weighted by molar-refractivity contribution is 5.06. The summed E-state index contributed by atoms with van der Waals surface area (Å²) in [6.07, 6.45) is 2.78. The molecular formula is C15H30N2O2. The first-order valence-corrected chi connectivity index (χ1v) is 7.55. The molecule has 1 N–H and O–H groups in total. The van der Waals surface area contributed by atoms with Gasteiger partial charge in [0.2, 0.25) is 0 Å². The predicted octanol–water partition coefficient (Wildman–Crippen LogP) is 1.50. The van der Waals surface area contributed by atoms with Crippen LogP contribution in [0.5, 0.6) is 0 Å². The number of hydrogen-bond donors (Lipinski definition) is 1. The Labute approximate surface area is 117 Å². The van der Waals surface area contributed by atoms with E-state index in [1.54, 1.807) is 7.11 Å². The average molecular weight is 270 g/mol. The van der Waals surface area contributed by atoms with E-state index in [9.17, 15) is 0 Å². The Balaban J connectivity index is 1.85. The molecular weight excluding hydrogens is 240 g/mol. The van der Waals surface area contributed by atoms with Crippen LogP contribution in [0.3, 0.4) is 0 Å². The van der Waals surface area contributed by atoms with Gasteiger partial charge in [-0.15, -0.1) is 0 Å². The zero-order valence-corrected chi connectivity index (χ0v) is 13.0. The second kappa shape index (κ2) is 6.08. The first-order valence-electron chi connectivity index (χ1n) is 7.55. The van der Waals surface area contributed by atoms with E-state index < -0.39 is 0 Å². The second-order valence-corrected chi connectivity index (χ2v) is 6.90. The Kier molecular flexibility index (Phi) is 4.88. The lowest BCUT2D eigenvalue weighted by atomic mass is 9.86. The predicted molar refractivity (Wildman–Crippen MR) is 77.5 cm³/mol.